The standard InChI is InChI=1S/C20H14N4O/c1-25-15-9-7-14(8-10-15)19-16(11-21)18(13-5-3-2-4-6-13)17-12-22-24-20(17)23-19/h2-10,12H,1H3,(H,22,23,24). The van der Waals surface area contributed by atoms with E-state index in [0.29, 0.717) is 16.9 Å². The van der Waals surface area contributed by atoms with E-state index in [4.69, 9.17) is 4.74 Å². The summed E-state index contributed by atoms with van der Waals surface area (Å²) in [5.41, 5.74) is 4.47. The van der Waals surface area contributed by atoms with Crippen molar-refractivity contribution in [1.82, 2.24) is 15.2 Å². The largest absolute Gasteiger partial charge is 0.497 e. The molecule has 0 saturated heterocycles. The number of methoxy groups -OCH3 is 1. The molecule has 2 aromatic heterocycles. The normalized spacial score (nSPS) is 10.6. The minimum Gasteiger partial charge on any atom is -0.497 e. The van der Waals surface area contributed by atoms with Gasteiger partial charge in [0.1, 0.15) is 11.8 Å². The maximum atomic E-state index is 9.87. The summed E-state index contributed by atoms with van der Waals surface area (Å²) in [4.78, 5) is 4.64. The minimum absolute atomic E-state index is 0.533. The van der Waals surface area contributed by atoms with Crippen molar-refractivity contribution in [3.63, 3.8) is 0 Å². The maximum absolute atomic E-state index is 9.87. The Morgan fingerprint density at radius 2 is 1.76 bits per heavy atom. The number of hydrogen-bond acceptors (Lipinski definition) is 4. The Hall–Kier alpha value is -3.65. The lowest BCUT2D eigenvalue weighted by Crippen LogP contribution is -1.95. The first-order valence-electron chi connectivity index (χ1n) is 7.79. The average Bonchev–Trinajstić information content (AvgIpc) is 3.15. The van der Waals surface area contributed by atoms with Crippen molar-refractivity contribution in [2.24, 2.45) is 0 Å². The topological polar surface area (TPSA) is 74.6 Å². The van der Waals surface area contributed by atoms with Crippen LogP contribution in [0.15, 0.2) is 60.8 Å². The van der Waals surface area contributed by atoms with Crippen LogP contribution in [-0.2, 0) is 0 Å². The molecule has 0 radical (unpaired) electrons. The van der Waals surface area contributed by atoms with E-state index in [1.54, 1.807) is 13.3 Å². The molecule has 0 aliphatic carbocycles. The molecule has 2 heterocycles. The molecule has 0 aliphatic rings. The van der Waals surface area contributed by atoms with Gasteiger partial charge in [-0.2, -0.15) is 10.4 Å². The molecule has 5 heteroatoms. The number of rotatable bonds is 3. The van der Waals surface area contributed by atoms with Crippen LogP contribution in [0.5, 0.6) is 5.75 Å². The van der Waals surface area contributed by atoms with Gasteiger partial charge in [-0.15, -0.1) is 0 Å². The third-order valence-electron chi connectivity index (χ3n) is 4.14. The molecule has 4 aromatic rings. The van der Waals surface area contributed by atoms with E-state index >= 15 is 0 Å². The van der Waals surface area contributed by atoms with Crippen LogP contribution in [0.4, 0.5) is 0 Å². The van der Waals surface area contributed by atoms with Crippen LogP contribution in [0.3, 0.4) is 0 Å². The van der Waals surface area contributed by atoms with Crippen molar-refractivity contribution in [2.75, 3.05) is 7.11 Å². The Kier molecular flexibility index (Phi) is 3.64. The molecule has 25 heavy (non-hydrogen) atoms. The molecule has 0 saturated carbocycles. The third-order valence-corrected chi connectivity index (χ3v) is 4.14. The Balaban J connectivity index is 2.04. The molecular weight excluding hydrogens is 312 g/mol. The van der Waals surface area contributed by atoms with Gasteiger partial charge in [0.05, 0.1) is 24.6 Å². The van der Waals surface area contributed by atoms with Crippen molar-refractivity contribution in [2.45, 2.75) is 0 Å². The van der Waals surface area contributed by atoms with E-state index in [1.807, 2.05) is 54.6 Å². The molecule has 0 bridgehead atoms. The van der Waals surface area contributed by atoms with Gasteiger partial charge in [-0.25, -0.2) is 4.98 Å². The highest BCUT2D eigenvalue weighted by Gasteiger charge is 2.18. The minimum atomic E-state index is 0.533. The predicted molar refractivity (Wildman–Crippen MR) is 96.0 cm³/mol. The number of hydrogen-bond donors (Lipinski definition) is 1. The van der Waals surface area contributed by atoms with Crippen LogP contribution in [0.25, 0.3) is 33.4 Å². The molecule has 0 atom stereocenters. The van der Waals surface area contributed by atoms with Gasteiger partial charge in [-0.05, 0) is 29.8 Å². The number of aromatic nitrogens is 3. The Morgan fingerprint density at radius 3 is 2.44 bits per heavy atom. The summed E-state index contributed by atoms with van der Waals surface area (Å²) in [6.07, 6.45) is 1.71. The molecule has 4 rings (SSSR count). The van der Waals surface area contributed by atoms with Gasteiger partial charge >= 0.3 is 0 Å². The van der Waals surface area contributed by atoms with Crippen molar-refractivity contribution < 1.29 is 4.74 Å². The summed E-state index contributed by atoms with van der Waals surface area (Å²) in [5, 5.41) is 17.7. The molecule has 0 amide bonds. The Labute approximate surface area is 144 Å². The number of nitrogens with one attached hydrogen (secondary N) is 1. The SMILES string of the molecule is COc1ccc(-c2nc3[nH]ncc3c(-c3ccccc3)c2C#N)cc1. The fourth-order valence-electron chi connectivity index (χ4n) is 2.94. The highest BCUT2D eigenvalue weighted by atomic mass is 16.5. The summed E-state index contributed by atoms with van der Waals surface area (Å²) in [7, 11) is 1.62. The summed E-state index contributed by atoms with van der Waals surface area (Å²) in [5.74, 6) is 0.758. The van der Waals surface area contributed by atoms with Crippen molar-refractivity contribution >= 4 is 11.0 Å². The van der Waals surface area contributed by atoms with Gasteiger partial charge in [0.25, 0.3) is 0 Å². The molecule has 5 nitrogen and oxygen atoms in total. The number of benzene rings is 2. The molecule has 0 aliphatic heterocycles. The second-order valence-electron chi connectivity index (χ2n) is 5.55. The lowest BCUT2D eigenvalue weighted by atomic mass is 9.94. The van der Waals surface area contributed by atoms with E-state index < -0.39 is 0 Å². The predicted octanol–water partition coefficient (Wildman–Crippen LogP) is 4.17. The lowest BCUT2D eigenvalue weighted by Gasteiger charge is -2.11. The molecular formula is C20H14N4O. The van der Waals surface area contributed by atoms with Crippen molar-refractivity contribution in [1.29, 1.82) is 5.26 Å². The quantitative estimate of drug-likeness (QED) is 0.613. The molecule has 0 spiro atoms. The van der Waals surface area contributed by atoms with Gasteiger partial charge in [-0.1, -0.05) is 30.3 Å². The van der Waals surface area contributed by atoms with E-state index in [2.05, 4.69) is 21.3 Å². The first-order valence-corrected chi connectivity index (χ1v) is 7.79. The number of H-pyrrole nitrogens is 1. The second-order valence-corrected chi connectivity index (χ2v) is 5.55. The second kappa shape index (κ2) is 6.10. The number of fused-ring (bicyclic) bond motifs is 1. The smallest absolute Gasteiger partial charge is 0.156 e. The first-order chi connectivity index (χ1) is 12.3. The number of nitrogens with zero attached hydrogens (tertiary/aromatic N) is 3. The number of pyridine rings is 1. The Morgan fingerprint density at radius 1 is 1.00 bits per heavy atom. The van der Waals surface area contributed by atoms with Gasteiger partial charge in [0, 0.05) is 16.5 Å². The van der Waals surface area contributed by atoms with Crippen molar-refractivity contribution in [3.8, 4) is 34.2 Å². The van der Waals surface area contributed by atoms with Crippen LogP contribution in [0.2, 0.25) is 0 Å². The summed E-state index contributed by atoms with van der Waals surface area (Å²) >= 11 is 0. The van der Waals surface area contributed by atoms with Gasteiger partial charge in [0.15, 0.2) is 5.65 Å². The number of nitriles is 1. The fraction of sp³-hybridized carbons (Fsp3) is 0.0500. The number of ether oxygens (including phenoxy) is 1. The molecule has 0 fully saturated rings. The van der Waals surface area contributed by atoms with Gasteiger partial charge in [-0.3, -0.25) is 5.10 Å². The highest BCUT2D eigenvalue weighted by molar-refractivity contribution is 5.99. The van der Waals surface area contributed by atoms with Crippen LogP contribution < -0.4 is 4.74 Å². The first kappa shape index (κ1) is 14.9. The molecule has 120 valence electrons. The number of aromatic amines is 1. The zero-order valence-electron chi connectivity index (χ0n) is 13.5. The monoisotopic (exact) mass is 326 g/mol. The highest BCUT2D eigenvalue weighted by Crippen LogP contribution is 2.36. The van der Waals surface area contributed by atoms with E-state index in [-0.39, 0.29) is 0 Å². The van der Waals surface area contributed by atoms with Gasteiger partial charge < -0.3 is 4.74 Å². The third kappa shape index (κ3) is 2.50. The van der Waals surface area contributed by atoms with E-state index in [0.717, 1.165) is 27.8 Å². The van der Waals surface area contributed by atoms with Crippen LogP contribution >= 0.6 is 0 Å². The van der Waals surface area contributed by atoms with Crippen LogP contribution in [0, 0.1) is 11.3 Å². The zero-order chi connectivity index (χ0) is 17.2. The molecule has 2 aromatic carbocycles. The average molecular weight is 326 g/mol. The van der Waals surface area contributed by atoms with E-state index in [1.165, 1.54) is 0 Å². The van der Waals surface area contributed by atoms with E-state index in [9.17, 15) is 5.26 Å². The van der Waals surface area contributed by atoms with Crippen LogP contribution in [0.1, 0.15) is 5.56 Å². The van der Waals surface area contributed by atoms with Crippen molar-refractivity contribution in [3.05, 3.63) is 66.4 Å². The fourth-order valence-corrected chi connectivity index (χ4v) is 2.94. The van der Waals surface area contributed by atoms with Gasteiger partial charge in [0.2, 0.25) is 0 Å². The summed E-state index contributed by atoms with van der Waals surface area (Å²) in [6, 6.07) is 19.7. The summed E-state index contributed by atoms with van der Waals surface area (Å²) < 4.78 is 5.21. The maximum Gasteiger partial charge on any atom is 0.156 e. The lowest BCUT2D eigenvalue weighted by molar-refractivity contribution is 0.415. The Bertz CT molecular complexity index is 1080. The molecule has 1 N–H and O–H groups in total. The zero-order valence-corrected chi connectivity index (χ0v) is 13.5. The molecule has 0 unspecified atom stereocenters. The van der Waals surface area contributed by atoms with Crippen LogP contribution in [-0.4, -0.2) is 22.3 Å². The summed E-state index contributed by atoms with van der Waals surface area (Å²) in [6.45, 7) is 0.